The zero-order valence-electron chi connectivity index (χ0n) is 17.9. The molecule has 9 nitrogen and oxygen atoms in total. The maximum Gasteiger partial charge on any atom is 0.311 e. The molecule has 33 heavy (non-hydrogen) atoms. The van der Waals surface area contributed by atoms with E-state index in [-0.39, 0.29) is 10.6 Å². The number of hydrogen-bond donors (Lipinski definition) is 1. The number of ether oxygens (including phenoxy) is 2. The number of thiophene rings is 1. The van der Waals surface area contributed by atoms with Gasteiger partial charge in [-0.3, -0.25) is 14.9 Å². The number of nitrogens with one attached hydrogen (secondary N) is 1. The van der Waals surface area contributed by atoms with Crippen molar-refractivity contribution < 1.29 is 27.5 Å². The second kappa shape index (κ2) is 10.2. The first kappa shape index (κ1) is 23.6. The number of fused-ring (bicyclic) bond motifs is 1. The number of carbonyl (C=O) groups is 2. The molecule has 1 amide bonds. The predicted octanol–water partition coefficient (Wildman–Crippen LogP) is 3.27. The van der Waals surface area contributed by atoms with Gasteiger partial charge in [0.15, 0.2) is 11.7 Å². The molecule has 1 fully saturated rings. The van der Waals surface area contributed by atoms with Crippen molar-refractivity contribution in [3.05, 3.63) is 35.2 Å². The van der Waals surface area contributed by atoms with E-state index in [1.54, 1.807) is 25.3 Å². The zero-order chi connectivity index (χ0) is 23.4. The number of carbonyl (C=O) groups excluding carboxylic acids is 2. The molecular formula is C21H23N3O6S3. The predicted molar refractivity (Wildman–Crippen MR) is 126 cm³/mol. The number of aromatic nitrogens is 1. The van der Waals surface area contributed by atoms with Crippen molar-refractivity contribution in [2.24, 2.45) is 0 Å². The van der Waals surface area contributed by atoms with Gasteiger partial charge in [0.25, 0.3) is 15.9 Å². The molecule has 3 aromatic rings. The fourth-order valence-corrected chi connectivity index (χ4v) is 7.33. The van der Waals surface area contributed by atoms with Crippen molar-refractivity contribution in [2.75, 3.05) is 32.1 Å². The molecule has 0 atom stereocenters. The summed E-state index contributed by atoms with van der Waals surface area (Å²) in [6, 6.07) is 8.53. The van der Waals surface area contributed by atoms with E-state index in [9.17, 15) is 18.0 Å². The number of anilines is 1. The zero-order valence-corrected chi connectivity index (χ0v) is 20.4. The SMILES string of the molecule is COc1ccc2nc(NC(=O)COC(=O)Cc3ccc(S(=O)(=O)N4CCCCC4)s3)sc2c1. The highest BCUT2D eigenvalue weighted by Crippen LogP contribution is 2.29. The Kier molecular flexibility index (Phi) is 7.27. The summed E-state index contributed by atoms with van der Waals surface area (Å²) in [7, 11) is -1.96. The Morgan fingerprint density at radius 3 is 2.67 bits per heavy atom. The molecule has 1 aliphatic rings. The largest absolute Gasteiger partial charge is 0.497 e. The van der Waals surface area contributed by atoms with E-state index in [0.29, 0.717) is 28.8 Å². The average molecular weight is 510 g/mol. The average Bonchev–Trinajstić information content (AvgIpc) is 3.44. The van der Waals surface area contributed by atoms with E-state index in [2.05, 4.69) is 10.3 Å². The summed E-state index contributed by atoms with van der Waals surface area (Å²) in [5.41, 5.74) is 0.723. The van der Waals surface area contributed by atoms with Crippen LogP contribution in [0.3, 0.4) is 0 Å². The van der Waals surface area contributed by atoms with Gasteiger partial charge in [0.1, 0.15) is 9.96 Å². The van der Waals surface area contributed by atoms with Crippen LogP contribution in [0.15, 0.2) is 34.5 Å². The molecule has 0 bridgehead atoms. The van der Waals surface area contributed by atoms with Gasteiger partial charge in [-0.25, -0.2) is 13.4 Å². The van der Waals surface area contributed by atoms with Crippen LogP contribution < -0.4 is 10.1 Å². The normalized spacial score (nSPS) is 14.8. The monoisotopic (exact) mass is 509 g/mol. The second-order valence-corrected chi connectivity index (χ2v) is 11.8. The molecule has 1 saturated heterocycles. The van der Waals surface area contributed by atoms with Crippen LogP contribution in [-0.4, -0.2) is 56.4 Å². The van der Waals surface area contributed by atoms with Crippen molar-refractivity contribution in [3.8, 4) is 5.75 Å². The highest BCUT2D eigenvalue weighted by molar-refractivity contribution is 7.91. The van der Waals surface area contributed by atoms with E-state index in [1.165, 1.54) is 21.7 Å². The number of thiazole rings is 1. The maximum absolute atomic E-state index is 12.7. The smallest absolute Gasteiger partial charge is 0.311 e. The van der Waals surface area contributed by atoms with Gasteiger partial charge in [-0.05, 0) is 43.2 Å². The minimum atomic E-state index is -3.53. The van der Waals surface area contributed by atoms with E-state index >= 15 is 0 Å². The fraction of sp³-hybridized carbons (Fsp3) is 0.381. The van der Waals surface area contributed by atoms with Crippen molar-refractivity contribution in [3.63, 3.8) is 0 Å². The summed E-state index contributed by atoms with van der Waals surface area (Å²) in [6.07, 6.45) is 2.65. The molecule has 1 N–H and O–H groups in total. The van der Waals surface area contributed by atoms with Crippen molar-refractivity contribution in [2.45, 2.75) is 29.9 Å². The number of amides is 1. The van der Waals surface area contributed by atoms with E-state index in [0.717, 1.165) is 40.8 Å². The van der Waals surface area contributed by atoms with Crippen LogP contribution in [0.2, 0.25) is 0 Å². The summed E-state index contributed by atoms with van der Waals surface area (Å²) in [5.74, 6) is -0.421. The van der Waals surface area contributed by atoms with Crippen molar-refractivity contribution >= 4 is 59.9 Å². The number of sulfonamides is 1. The van der Waals surface area contributed by atoms with Gasteiger partial charge in [-0.2, -0.15) is 4.31 Å². The third-order valence-corrected chi connectivity index (χ3v) is 9.46. The van der Waals surface area contributed by atoms with Crippen LogP contribution in [0.25, 0.3) is 10.2 Å². The lowest BCUT2D eigenvalue weighted by molar-refractivity contribution is -0.146. The molecule has 0 radical (unpaired) electrons. The quantitative estimate of drug-likeness (QED) is 0.464. The Hall–Kier alpha value is -2.54. The number of esters is 1. The van der Waals surface area contributed by atoms with Crippen LogP contribution in [0, 0.1) is 0 Å². The van der Waals surface area contributed by atoms with Crippen LogP contribution in [-0.2, 0) is 30.8 Å². The van der Waals surface area contributed by atoms with Crippen LogP contribution in [0.5, 0.6) is 5.75 Å². The Morgan fingerprint density at radius 2 is 1.91 bits per heavy atom. The van der Waals surface area contributed by atoms with Crippen LogP contribution in [0.4, 0.5) is 5.13 Å². The topological polar surface area (TPSA) is 115 Å². The molecule has 176 valence electrons. The first-order valence-corrected chi connectivity index (χ1v) is 13.4. The van der Waals surface area contributed by atoms with Gasteiger partial charge in [-0.15, -0.1) is 11.3 Å². The third kappa shape index (κ3) is 5.69. The molecule has 1 aromatic carbocycles. The first-order valence-electron chi connectivity index (χ1n) is 10.3. The minimum absolute atomic E-state index is 0.103. The highest BCUT2D eigenvalue weighted by atomic mass is 32.2. The molecule has 0 saturated carbocycles. The molecule has 3 heterocycles. The molecule has 0 aliphatic carbocycles. The van der Waals surface area contributed by atoms with Gasteiger partial charge in [0, 0.05) is 18.0 Å². The lowest BCUT2D eigenvalue weighted by Crippen LogP contribution is -2.35. The molecule has 12 heteroatoms. The lowest BCUT2D eigenvalue weighted by atomic mass is 10.2. The third-order valence-electron chi connectivity index (χ3n) is 5.07. The molecule has 1 aliphatic heterocycles. The molecular weight excluding hydrogens is 486 g/mol. The first-order chi connectivity index (χ1) is 15.8. The lowest BCUT2D eigenvalue weighted by Gasteiger charge is -2.25. The molecule has 2 aromatic heterocycles. The minimum Gasteiger partial charge on any atom is -0.497 e. The van der Waals surface area contributed by atoms with Crippen molar-refractivity contribution in [1.29, 1.82) is 0 Å². The van der Waals surface area contributed by atoms with E-state index < -0.39 is 28.5 Å². The Bertz CT molecular complexity index is 1260. The van der Waals surface area contributed by atoms with Gasteiger partial charge < -0.3 is 9.47 Å². The number of hydrogen-bond acceptors (Lipinski definition) is 9. The van der Waals surface area contributed by atoms with E-state index in [1.807, 2.05) is 6.07 Å². The Labute approximate surface area is 199 Å². The van der Waals surface area contributed by atoms with Gasteiger partial charge in [0.05, 0.1) is 23.7 Å². The van der Waals surface area contributed by atoms with Crippen molar-refractivity contribution in [1.82, 2.24) is 9.29 Å². The second-order valence-electron chi connectivity index (χ2n) is 7.42. The maximum atomic E-state index is 12.7. The summed E-state index contributed by atoms with van der Waals surface area (Å²) in [4.78, 5) is 29.2. The van der Waals surface area contributed by atoms with Gasteiger partial charge >= 0.3 is 5.97 Å². The van der Waals surface area contributed by atoms with Gasteiger partial charge in [-0.1, -0.05) is 17.8 Å². The van der Waals surface area contributed by atoms with Crippen LogP contribution in [0.1, 0.15) is 24.1 Å². The summed E-state index contributed by atoms with van der Waals surface area (Å²) < 4.78 is 38.3. The molecule has 0 unspecified atom stereocenters. The summed E-state index contributed by atoms with van der Waals surface area (Å²) >= 11 is 2.34. The highest BCUT2D eigenvalue weighted by Gasteiger charge is 2.27. The number of nitrogens with zero attached hydrogens (tertiary/aromatic N) is 2. The fourth-order valence-electron chi connectivity index (χ4n) is 3.40. The summed E-state index contributed by atoms with van der Waals surface area (Å²) in [5, 5.41) is 3.01. The molecule has 4 rings (SSSR count). The summed E-state index contributed by atoms with van der Waals surface area (Å²) in [6.45, 7) is 0.590. The molecule has 0 spiro atoms. The van der Waals surface area contributed by atoms with Gasteiger partial charge in [0.2, 0.25) is 0 Å². The standard InChI is InChI=1S/C21H23N3O6S3/c1-29-14-5-7-16-17(11-14)32-21(22-16)23-18(25)13-30-19(26)12-15-6-8-20(31-15)33(27,28)24-9-3-2-4-10-24/h5-8,11H,2-4,9-10,12-13H2,1H3,(H,22,23,25). The van der Waals surface area contributed by atoms with Crippen LogP contribution >= 0.6 is 22.7 Å². The van der Waals surface area contributed by atoms with E-state index in [4.69, 9.17) is 9.47 Å². The Morgan fingerprint density at radius 1 is 1.12 bits per heavy atom. The number of methoxy groups -OCH3 is 1. The number of piperidine rings is 1. The Balaban J connectivity index is 1.28. The number of rotatable bonds is 8. The number of benzene rings is 1.